The number of hydrogen-bond donors (Lipinski definition) is 1. The Bertz CT molecular complexity index is 733. The maximum absolute atomic E-state index is 12.2. The average molecular weight is 298 g/mol. The zero-order chi connectivity index (χ0) is 15.7. The lowest BCUT2D eigenvalue weighted by Crippen LogP contribution is -2.25. The van der Waals surface area contributed by atoms with Crippen LogP contribution in [0.5, 0.6) is 17.2 Å². The molecule has 1 unspecified atom stereocenters. The van der Waals surface area contributed by atoms with E-state index in [-0.39, 0.29) is 18.0 Å². The van der Waals surface area contributed by atoms with Crippen LogP contribution in [0.3, 0.4) is 0 Å². The number of carbonyl (C=O) groups excluding carboxylic acids is 2. The minimum Gasteiger partial charge on any atom is -0.508 e. The predicted molar refractivity (Wildman–Crippen MR) is 77.9 cm³/mol. The van der Waals surface area contributed by atoms with E-state index >= 15 is 0 Å². The van der Waals surface area contributed by atoms with Gasteiger partial charge in [-0.25, -0.2) is 0 Å². The summed E-state index contributed by atoms with van der Waals surface area (Å²) in [6.07, 6.45) is -0.470. The number of fused-ring (bicyclic) bond motifs is 1. The second-order valence-electron chi connectivity index (χ2n) is 5.10. The minimum absolute atomic E-state index is 0.0570. The summed E-state index contributed by atoms with van der Waals surface area (Å²) in [7, 11) is 0. The molecule has 2 aromatic rings. The van der Waals surface area contributed by atoms with Crippen LogP contribution in [0.4, 0.5) is 0 Å². The fourth-order valence-electron chi connectivity index (χ4n) is 2.40. The molecule has 0 spiro atoms. The second-order valence-corrected chi connectivity index (χ2v) is 5.10. The molecule has 2 aromatic carbocycles. The molecule has 5 nitrogen and oxygen atoms in total. The van der Waals surface area contributed by atoms with Gasteiger partial charge >= 0.3 is 5.97 Å². The summed E-state index contributed by atoms with van der Waals surface area (Å²) in [5.41, 5.74) is 1.43. The number of phenolic OH excluding ortho intramolecular Hbond substituents is 1. The van der Waals surface area contributed by atoms with Crippen LogP contribution in [0.2, 0.25) is 0 Å². The Kier molecular flexibility index (Phi) is 3.55. The van der Waals surface area contributed by atoms with Crippen LogP contribution in [0.15, 0.2) is 42.5 Å². The van der Waals surface area contributed by atoms with E-state index in [0.29, 0.717) is 17.1 Å². The van der Waals surface area contributed by atoms with E-state index in [1.165, 1.54) is 19.1 Å². The first kappa shape index (κ1) is 14.1. The van der Waals surface area contributed by atoms with E-state index in [2.05, 4.69) is 0 Å². The van der Waals surface area contributed by atoms with Crippen molar-refractivity contribution in [2.45, 2.75) is 19.4 Å². The zero-order valence-corrected chi connectivity index (χ0v) is 11.9. The average Bonchev–Trinajstić information content (AvgIpc) is 2.47. The maximum Gasteiger partial charge on any atom is 0.308 e. The summed E-state index contributed by atoms with van der Waals surface area (Å²) in [4.78, 5) is 23.2. The number of benzene rings is 2. The standard InChI is InChI=1S/C17H14O5/c1-10(18)21-14-7-4-12-8-15(20)17(22-16(12)9-14)11-2-5-13(19)6-3-11/h2-7,9,17,19H,8H2,1H3. The van der Waals surface area contributed by atoms with Crippen molar-refractivity contribution in [3.63, 3.8) is 0 Å². The zero-order valence-electron chi connectivity index (χ0n) is 11.9. The molecular formula is C17H14O5. The van der Waals surface area contributed by atoms with Gasteiger partial charge in [-0.2, -0.15) is 0 Å². The minimum atomic E-state index is -0.722. The quantitative estimate of drug-likeness (QED) is 0.681. The van der Waals surface area contributed by atoms with Crippen LogP contribution >= 0.6 is 0 Å². The molecule has 0 aromatic heterocycles. The Balaban J connectivity index is 1.90. The number of esters is 1. The Labute approximate surface area is 127 Å². The Morgan fingerprint density at radius 3 is 2.64 bits per heavy atom. The fourth-order valence-corrected chi connectivity index (χ4v) is 2.40. The van der Waals surface area contributed by atoms with Gasteiger partial charge in [-0.3, -0.25) is 9.59 Å². The normalized spacial score (nSPS) is 16.6. The highest BCUT2D eigenvalue weighted by atomic mass is 16.5. The molecule has 0 aliphatic carbocycles. The van der Waals surface area contributed by atoms with Gasteiger partial charge in [0.05, 0.1) is 0 Å². The van der Waals surface area contributed by atoms with E-state index in [9.17, 15) is 14.7 Å². The van der Waals surface area contributed by atoms with Crippen molar-refractivity contribution in [2.24, 2.45) is 0 Å². The number of aromatic hydroxyl groups is 1. The van der Waals surface area contributed by atoms with Crippen LogP contribution < -0.4 is 9.47 Å². The molecule has 1 aliphatic rings. The first-order valence-corrected chi connectivity index (χ1v) is 6.82. The molecule has 0 bridgehead atoms. The number of ketones is 1. The lowest BCUT2D eigenvalue weighted by atomic mass is 9.96. The maximum atomic E-state index is 12.2. The summed E-state index contributed by atoms with van der Waals surface area (Å²) in [6.45, 7) is 1.32. The van der Waals surface area contributed by atoms with E-state index in [1.54, 1.807) is 30.3 Å². The third kappa shape index (κ3) is 2.79. The molecule has 112 valence electrons. The third-order valence-corrected chi connectivity index (χ3v) is 3.40. The molecule has 0 radical (unpaired) electrons. The predicted octanol–water partition coefficient (Wildman–Crippen LogP) is 2.56. The highest BCUT2D eigenvalue weighted by Crippen LogP contribution is 2.35. The molecule has 1 aliphatic heterocycles. The Morgan fingerprint density at radius 2 is 1.95 bits per heavy atom. The SMILES string of the molecule is CC(=O)Oc1ccc2c(c1)OC(c1ccc(O)cc1)C(=O)C2. The molecule has 0 fully saturated rings. The number of rotatable bonds is 2. The molecule has 1 atom stereocenters. The fraction of sp³-hybridized carbons (Fsp3) is 0.176. The van der Waals surface area contributed by atoms with Crippen LogP contribution in [0.1, 0.15) is 24.2 Å². The smallest absolute Gasteiger partial charge is 0.308 e. The van der Waals surface area contributed by atoms with Gasteiger partial charge in [-0.15, -0.1) is 0 Å². The summed E-state index contributed by atoms with van der Waals surface area (Å²) < 4.78 is 10.8. The lowest BCUT2D eigenvalue weighted by molar-refractivity contribution is -0.132. The van der Waals surface area contributed by atoms with Crippen LogP contribution in [0.25, 0.3) is 0 Å². The van der Waals surface area contributed by atoms with E-state index < -0.39 is 12.1 Å². The third-order valence-electron chi connectivity index (χ3n) is 3.40. The van der Waals surface area contributed by atoms with Crippen LogP contribution in [0, 0.1) is 0 Å². The van der Waals surface area contributed by atoms with E-state index in [1.807, 2.05) is 0 Å². The van der Waals surface area contributed by atoms with Crippen molar-refractivity contribution < 1.29 is 24.2 Å². The summed E-state index contributed by atoms with van der Waals surface area (Å²) >= 11 is 0. The molecule has 3 rings (SSSR count). The monoisotopic (exact) mass is 298 g/mol. The van der Waals surface area contributed by atoms with Gasteiger partial charge < -0.3 is 14.6 Å². The van der Waals surface area contributed by atoms with Crippen molar-refractivity contribution in [1.82, 2.24) is 0 Å². The van der Waals surface area contributed by atoms with Gasteiger partial charge in [0.2, 0.25) is 0 Å². The van der Waals surface area contributed by atoms with Crippen molar-refractivity contribution in [2.75, 3.05) is 0 Å². The van der Waals surface area contributed by atoms with Crippen LogP contribution in [-0.4, -0.2) is 16.9 Å². The van der Waals surface area contributed by atoms with Crippen molar-refractivity contribution in [3.8, 4) is 17.2 Å². The molecule has 0 amide bonds. The van der Waals surface area contributed by atoms with Gasteiger partial charge in [0, 0.05) is 30.5 Å². The molecule has 22 heavy (non-hydrogen) atoms. The van der Waals surface area contributed by atoms with Crippen molar-refractivity contribution in [3.05, 3.63) is 53.6 Å². The molecule has 1 N–H and O–H groups in total. The molecule has 1 heterocycles. The number of phenols is 1. The highest BCUT2D eigenvalue weighted by molar-refractivity contribution is 5.89. The summed E-state index contributed by atoms with van der Waals surface area (Å²) in [5.74, 6) is 0.561. The first-order valence-electron chi connectivity index (χ1n) is 6.82. The van der Waals surface area contributed by atoms with E-state index in [4.69, 9.17) is 9.47 Å². The van der Waals surface area contributed by atoms with E-state index in [0.717, 1.165) is 5.56 Å². The number of Topliss-reactive ketones (excluding diaryl/α,β-unsaturated/α-hetero) is 1. The van der Waals surface area contributed by atoms with Crippen molar-refractivity contribution in [1.29, 1.82) is 0 Å². The van der Waals surface area contributed by atoms with Gasteiger partial charge in [-0.1, -0.05) is 18.2 Å². The van der Waals surface area contributed by atoms with Gasteiger partial charge in [-0.05, 0) is 18.2 Å². The number of carbonyl (C=O) groups is 2. The van der Waals surface area contributed by atoms with Gasteiger partial charge in [0.1, 0.15) is 17.2 Å². The topological polar surface area (TPSA) is 72.8 Å². The van der Waals surface area contributed by atoms with Crippen LogP contribution in [-0.2, 0) is 16.0 Å². The molecule has 5 heteroatoms. The Hall–Kier alpha value is -2.82. The van der Waals surface area contributed by atoms with Gasteiger partial charge in [0.25, 0.3) is 0 Å². The lowest BCUT2D eigenvalue weighted by Gasteiger charge is -2.25. The molecule has 0 saturated carbocycles. The highest BCUT2D eigenvalue weighted by Gasteiger charge is 2.29. The largest absolute Gasteiger partial charge is 0.508 e. The summed E-state index contributed by atoms with van der Waals surface area (Å²) in [6, 6.07) is 11.3. The van der Waals surface area contributed by atoms with Gasteiger partial charge in [0.15, 0.2) is 11.9 Å². The van der Waals surface area contributed by atoms with Crippen molar-refractivity contribution >= 4 is 11.8 Å². The molecular weight excluding hydrogens is 284 g/mol. The number of ether oxygens (including phenoxy) is 2. The number of hydrogen-bond acceptors (Lipinski definition) is 5. The first-order chi connectivity index (χ1) is 10.5. The summed E-state index contributed by atoms with van der Waals surface area (Å²) in [5, 5.41) is 9.32. The molecule has 0 saturated heterocycles. The second kappa shape index (κ2) is 5.52. The Morgan fingerprint density at radius 1 is 1.23 bits per heavy atom.